The van der Waals surface area contributed by atoms with Crippen LogP contribution in [0.3, 0.4) is 0 Å². The zero-order valence-corrected chi connectivity index (χ0v) is 14.2. The second kappa shape index (κ2) is 6.20. The molecule has 0 aliphatic carbocycles. The van der Waals surface area contributed by atoms with Gasteiger partial charge in [0.05, 0.1) is 11.4 Å². The lowest BCUT2D eigenvalue weighted by Gasteiger charge is -2.22. The lowest BCUT2D eigenvalue weighted by atomic mass is 10.1. The van der Waals surface area contributed by atoms with E-state index in [4.69, 9.17) is 11.6 Å². The van der Waals surface area contributed by atoms with Crippen LogP contribution in [-0.2, 0) is 6.54 Å². The van der Waals surface area contributed by atoms with E-state index in [-0.39, 0.29) is 5.54 Å². The van der Waals surface area contributed by atoms with E-state index in [1.165, 1.54) is 0 Å². The van der Waals surface area contributed by atoms with Gasteiger partial charge in [0.2, 0.25) is 0 Å². The number of halogens is 1. The Bertz CT molecular complexity index is 609. The fraction of sp³-hybridized carbons (Fsp3) is 0.471. The molecule has 2 aromatic rings. The molecule has 0 saturated carbocycles. The molecule has 0 aliphatic heterocycles. The van der Waals surface area contributed by atoms with E-state index < -0.39 is 0 Å². The molecule has 0 spiro atoms. The van der Waals surface area contributed by atoms with Crippen LogP contribution in [-0.4, -0.2) is 15.3 Å². The average Bonchev–Trinajstić information content (AvgIpc) is 2.85. The minimum absolute atomic E-state index is 0.0453. The van der Waals surface area contributed by atoms with E-state index in [0.29, 0.717) is 5.92 Å². The van der Waals surface area contributed by atoms with Gasteiger partial charge in [0.15, 0.2) is 0 Å². The van der Waals surface area contributed by atoms with Crippen molar-refractivity contribution in [2.45, 2.75) is 52.6 Å². The Hall–Kier alpha value is -1.32. The third kappa shape index (κ3) is 4.08. The van der Waals surface area contributed by atoms with Crippen molar-refractivity contribution in [3.05, 3.63) is 46.7 Å². The van der Waals surface area contributed by atoms with Crippen molar-refractivity contribution in [3.8, 4) is 5.69 Å². The molecule has 4 heteroatoms. The van der Waals surface area contributed by atoms with Gasteiger partial charge in [-0.3, -0.25) is 0 Å². The summed E-state index contributed by atoms with van der Waals surface area (Å²) in [6.45, 7) is 11.5. The smallest absolute Gasteiger partial charge is 0.0705 e. The minimum atomic E-state index is 0.0453. The summed E-state index contributed by atoms with van der Waals surface area (Å²) >= 11 is 6.40. The topological polar surface area (TPSA) is 29.9 Å². The molecule has 0 saturated heterocycles. The van der Waals surface area contributed by atoms with Gasteiger partial charge in [-0.25, -0.2) is 4.68 Å². The molecular weight excluding hydrogens is 282 g/mol. The van der Waals surface area contributed by atoms with Crippen LogP contribution >= 0.6 is 11.6 Å². The molecule has 2 rings (SSSR count). The standard InChI is InChI=1S/C17H24ClN3/c1-12(2)15-9-10-21(20-15)16-8-6-7-14(18)13(16)11-19-17(3,4)5/h6-10,12,19H,11H2,1-5H3. The fourth-order valence-electron chi connectivity index (χ4n) is 2.07. The third-order valence-corrected chi connectivity index (χ3v) is 3.69. The van der Waals surface area contributed by atoms with Gasteiger partial charge in [-0.1, -0.05) is 31.5 Å². The molecule has 1 aromatic heterocycles. The van der Waals surface area contributed by atoms with Gasteiger partial charge in [0.1, 0.15) is 0 Å². The molecule has 21 heavy (non-hydrogen) atoms. The maximum atomic E-state index is 6.40. The van der Waals surface area contributed by atoms with Crippen molar-refractivity contribution in [2.75, 3.05) is 0 Å². The first-order valence-electron chi connectivity index (χ1n) is 7.36. The summed E-state index contributed by atoms with van der Waals surface area (Å²) in [5.74, 6) is 0.418. The van der Waals surface area contributed by atoms with Crippen LogP contribution < -0.4 is 5.32 Å². The van der Waals surface area contributed by atoms with Crippen molar-refractivity contribution in [1.29, 1.82) is 0 Å². The van der Waals surface area contributed by atoms with Gasteiger partial charge < -0.3 is 5.32 Å². The maximum absolute atomic E-state index is 6.40. The number of nitrogens with zero attached hydrogens (tertiary/aromatic N) is 2. The summed E-state index contributed by atoms with van der Waals surface area (Å²) in [5, 5.41) is 8.92. The van der Waals surface area contributed by atoms with Crippen LogP contribution in [0.2, 0.25) is 5.02 Å². The number of aromatic nitrogens is 2. The van der Waals surface area contributed by atoms with Crippen LogP contribution in [0.4, 0.5) is 0 Å². The first kappa shape index (κ1) is 16.1. The Morgan fingerprint density at radius 2 is 1.95 bits per heavy atom. The van der Waals surface area contributed by atoms with E-state index in [9.17, 15) is 0 Å². The Balaban J connectivity index is 2.36. The average molecular weight is 306 g/mol. The zero-order valence-electron chi connectivity index (χ0n) is 13.4. The second-order valence-electron chi connectivity index (χ2n) is 6.68. The molecule has 114 valence electrons. The largest absolute Gasteiger partial charge is 0.308 e. The summed E-state index contributed by atoms with van der Waals surface area (Å²) in [7, 11) is 0. The van der Waals surface area contributed by atoms with Crippen LogP contribution in [0, 0.1) is 0 Å². The summed E-state index contributed by atoms with van der Waals surface area (Å²) in [5.41, 5.74) is 3.24. The maximum Gasteiger partial charge on any atom is 0.0705 e. The molecule has 0 atom stereocenters. The van der Waals surface area contributed by atoms with Crippen molar-refractivity contribution >= 4 is 11.6 Å². The molecule has 0 aliphatic rings. The zero-order chi connectivity index (χ0) is 15.6. The first-order valence-corrected chi connectivity index (χ1v) is 7.74. The lowest BCUT2D eigenvalue weighted by Crippen LogP contribution is -2.35. The highest BCUT2D eigenvalue weighted by Crippen LogP contribution is 2.24. The van der Waals surface area contributed by atoms with Gasteiger partial charge in [-0.15, -0.1) is 0 Å². The molecule has 0 unspecified atom stereocenters. The first-order chi connectivity index (χ1) is 9.78. The third-order valence-electron chi connectivity index (χ3n) is 3.34. The van der Waals surface area contributed by atoms with Gasteiger partial charge in [-0.2, -0.15) is 5.10 Å². The molecule has 1 heterocycles. The van der Waals surface area contributed by atoms with E-state index >= 15 is 0 Å². The number of benzene rings is 1. The van der Waals surface area contributed by atoms with Crippen LogP contribution in [0.25, 0.3) is 5.69 Å². The van der Waals surface area contributed by atoms with E-state index in [1.807, 2.05) is 23.0 Å². The Morgan fingerprint density at radius 3 is 2.52 bits per heavy atom. The van der Waals surface area contributed by atoms with Gasteiger partial charge in [0, 0.05) is 28.9 Å². The summed E-state index contributed by atoms with van der Waals surface area (Å²) in [4.78, 5) is 0. The quantitative estimate of drug-likeness (QED) is 0.899. The second-order valence-corrected chi connectivity index (χ2v) is 7.09. The number of nitrogens with one attached hydrogen (secondary N) is 1. The molecule has 0 radical (unpaired) electrons. The Labute approximate surface area is 132 Å². The molecule has 3 nitrogen and oxygen atoms in total. The highest BCUT2D eigenvalue weighted by Gasteiger charge is 2.14. The monoisotopic (exact) mass is 305 g/mol. The Kier molecular flexibility index (Phi) is 4.74. The number of hydrogen-bond donors (Lipinski definition) is 1. The fourth-order valence-corrected chi connectivity index (χ4v) is 2.31. The van der Waals surface area contributed by atoms with E-state index in [2.05, 4.69) is 57.2 Å². The van der Waals surface area contributed by atoms with Crippen LogP contribution in [0.5, 0.6) is 0 Å². The van der Waals surface area contributed by atoms with Crippen molar-refractivity contribution in [3.63, 3.8) is 0 Å². The number of hydrogen-bond acceptors (Lipinski definition) is 2. The highest BCUT2D eigenvalue weighted by atomic mass is 35.5. The molecule has 1 aromatic carbocycles. The predicted octanol–water partition coefficient (Wildman–Crippen LogP) is 4.54. The molecule has 1 N–H and O–H groups in total. The molecule has 0 fully saturated rings. The van der Waals surface area contributed by atoms with Gasteiger partial charge >= 0.3 is 0 Å². The highest BCUT2D eigenvalue weighted by molar-refractivity contribution is 6.31. The summed E-state index contributed by atoms with van der Waals surface area (Å²) in [6, 6.07) is 8.02. The van der Waals surface area contributed by atoms with Crippen molar-refractivity contribution < 1.29 is 0 Å². The Morgan fingerprint density at radius 1 is 1.24 bits per heavy atom. The van der Waals surface area contributed by atoms with Crippen molar-refractivity contribution in [1.82, 2.24) is 15.1 Å². The summed E-state index contributed by atoms with van der Waals surface area (Å²) in [6.07, 6.45) is 2.00. The van der Waals surface area contributed by atoms with Crippen LogP contribution in [0.1, 0.15) is 51.8 Å². The van der Waals surface area contributed by atoms with Gasteiger partial charge in [-0.05, 0) is 44.9 Å². The van der Waals surface area contributed by atoms with E-state index in [1.54, 1.807) is 0 Å². The lowest BCUT2D eigenvalue weighted by molar-refractivity contribution is 0.424. The van der Waals surface area contributed by atoms with Crippen LogP contribution in [0.15, 0.2) is 30.5 Å². The normalized spacial score (nSPS) is 12.1. The van der Waals surface area contributed by atoms with Crippen molar-refractivity contribution in [2.24, 2.45) is 0 Å². The molecule has 0 bridgehead atoms. The number of rotatable bonds is 4. The predicted molar refractivity (Wildman–Crippen MR) is 89.3 cm³/mol. The van der Waals surface area contributed by atoms with Gasteiger partial charge in [0.25, 0.3) is 0 Å². The molecular formula is C17H24ClN3. The molecule has 0 amide bonds. The summed E-state index contributed by atoms with van der Waals surface area (Å²) < 4.78 is 1.92. The minimum Gasteiger partial charge on any atom is -0.308 e. The SMILES string of the molecule is CC(C)c1ccn(-c2cccc(Cl)c2CNC(C)(C)C)n1. The van der Waals surface area contributed by atoms with E-state index in [0.717, 1.165) is 28.5 Å².